The Kier molecular flexibility index (Phi) is 6.72. The number of nitrogens with zero attached hydrogens (tertiary/aromatic N) is 3. The molecule has 1 saturated heterocycles. The second-order valence-electron chi connectivity index (χ2n) is 9.68. The van der Waals surface area contributed by atoms with Crippen molar-refractivity contribution >= 4 is 28.4 Å². The van der Waals surface area contributed by atoms with E-state index in [1.165, 1.54) is 23.0 Å². The Hall–Kier alpha value is -5.03. The summed E-state index contributed by atoms with van der Waals surface area (Å²) in [6.45, 7) is 3.88. The van der Waals surface area contributed by atoms with E-state index >= 15 is 0 Å². The number of nitrogens with one attached hydrogen (secondary N) is 1. The number of amides is 1. The van der Waals surface area contributed by atoms with Crippen molar-refractivity contribution in [3.63, 3.8) is 0 Å². The number of aromatic nitrogens is 3. The van der Waals surface area contributed by atoms with Crippen LogP contribution in [0.2, 0.25) is 0 Å². The quantitative estimate of drug-likeness (QED) is 0.284. The number of morpholine rings is 1. The number of carbonyl (C=O) groups excluding carboxylic acids is 2. The minimum absolute atomic E-state index is 0.0809. The number of benzene rings is 3. The fourth-order valence-electron chi connectivity index (χ4n) is 4.83. The number of carbonyl (C=O) groups is 2. The van der Waals surface area contributed by atoms with Crippen molar-refractivity contribution in [3.05, 3.63) is 101 Å². The van der Waals surface area contributed by atoms with Crippen molar-refractivity contribution in [1.82, 2.24) is 19.7 Å². The van der Waals surface area contributed by atoms with Gasteiger partial charge in [-0.2, -0.15) is 9.49 Å². The van der Waals surface area contributed by atoms with Gasteiger partial charge in [0.2, 0.25) is 11.6 Å². The Labute approximate surface area is 233 Å². The molecule has 0 atom stereocenters. The predicted molar refractivity (Wildman–Crippen MR) is 148 cm³/mol. The molecule has 5 aromatic rings. The monoisotopic (exact) mass is 557 g/mol. The molecule has 11 heteroatoms. The van der Waals surface area contributed by atoms with Crippen LogP contribution in [0.1, 0.15) is 32.0 Å². The van der Waals surface area contributed by atoms with Crippen LogP contribution in [-0.2, 0) is 4.74 Å². The van der Waals surface area contributed by atoms with Gasteiger partial charge >= 0.3 is 0 Å². The highest BCUT2D eigenvalue weighted by Gasteiger charge is 2.22. The minimum atomic E-state index is -1.08. The minimum Gasteiger partial charge on any atom is -0.454 e. The smallest absolute Gasteiger partial charge is 0.254 e. The SMILES string of the molecule is Cc1cc(Oc2cccc(F)c2F)ccc1-n1ncc(C(=O)c2cc3cc(C(=O)N4CCOCC4)ccc3[nH]2)c1N. The van der Waals surface area contributed by atoms with Crippen LogP contribution in [-0.4, -0.2) is 57.7 Å². The number of ether oxygens (including phenoxy) is 2. The highest BCUT2D eigenvalue weighted by molar-refractivity contribution is 6.13. The van der Waals surface area contributed by atoms with Crippen molar-refractivity contribution in [1.29, 1.82) is 0 Å². The fraction of sp³-hybridized carbons (Fsp3) is 0.167. The summed E-state index contributed by atoms with van der Waals surface area (Å²) in [5.74, 6) is -2.33. The van der Waals surface area contributed by atoms with E-state index in [0.717, 1.165) is 11.5 Å². The first-order chi connectivity index (χ1) is 19.8. The largest absolute Gasteiger partial charge is 0.454 e. The average molecular weight is 558 g/mol. The van der Waals surface area contributed by atoms with Crippen LogP contribution in [0.15, 0.2) is 66.9 Å². The topological polar surface area (TPSA) is 115 Å². The Morgan fingerprint density at radius 1 is 1.05 bits per heavy atom. The van der Waals surface area contributed by atoms with E-state index in [4.69, 9.17) is 15.2 Å². The lowest BCUT2D eigenvalue weighted by Gasteiger charge is -2.26. The lowest BCUT2D eigenvalue weighted by Crippen LogP contribution is -2.40. The van der Waals surface area contributed by atoms with Crippen LogP contribution < -0.4 is 10.5 Å². The van der Waals surface area contributed by atoms with Crippen LogP contribution in [0, 0.1) is 18.6 Å². The van der Waals surface area contributed by atoms with Gasteiger partial charge in [0.1, 0.15) is 11.6 Å². The van der Waals surface area contributed by atoms with Gasteiger partial charge in [-0.3, -0.25) is 9.59 Å². The third kappa shape index (κ3) is 4.91. The van der Waals surface area contributed by atoms with Gasteiger partial charge in [-0.05, 0) is 67.1 Å². The molecule has 3 N–H and O–H groups in total. The molecule has 1 aliphatic heterocycles. The lowest BCUT2D eigenvalue weighted by molar-refractivity contribution is 0.0303. The summed E-state index contributed by atoms with van der Waals surface area (Å²) in [7, 11) is 0. The van der Waals surface area contributed by atoms with E-state index in [-0.39, 0.29) is 28.8 Å². The Bertz CT molecular complexity index is 1810. The third-order valence-corrected chi connectivity index (χ3v) is 7.00. The molecule has 2 aromatic heterocycles. The van der Waals surface area contributed by atoms with Gasteiger partial charge in [0, 0.05) is 29.6 Å². The van der Waals surface area contributed by atoms with E-state index in [1.54, 1.807) is 54.3 Å². The number of nitrogens with two attached hydrogens (primary N) is 1. The number of nitrogen functional groups attached to an aromatic ring is 1. The number of rotatable bonds is 6. The van der Waals surface area contributed by atoms with Gasteiger partial charge < -0.3 is 25.1 Å². The number of aromatic amines is 1. The zero-order valence-corrected chi connectivity index (χ0v) is 22.0. The number of halogens is 2. The summed E-state index contributed by atoms with van der Waals surface area (Å²) in [5.41, 5.74) is 9.37. The molecule has 0 radical (unpaired) electrons. The maximum atomic E-state index is 14.0. The normalized spacial score (nSPS) is 13.5. The Balaban J connectivity index is 1.23. The molecule has 0 spiro atoms. The molecule has 0 saturated carbocycles. The first-order valence-corrected chi connectivity index (χ1v) is 12.9. The third-order valence-electron chi connectivity index (χ3n) is 7.00. The predicted octanol–water partition coefficient (Wildman–Crippen LogP) is 5.02. The standard InChI is InChI=1S/C30H25F2N5O4/c1-17-13-20(41-26-4-2-3-22(31)27(26)32)6-8-25(17)37-29(33)21(16-34-37)28(38)24-15-19-14-18(5-7-23(19)35-24)30(39)36-9-11-40-12-10-36/h2-8,13-16,35H,9-12,33H2,1H3. The Morgan fingerprint density at radius 3 is 2.63 bits per heavy atom. The van der Waals surface area contributed by atoms with Crippen molar-refractivity contribution in [2.24, 2.45) is 0 Å². The van der Waals surface area contributed by atoms with E-state index in [9.17, 15) is 18.4 Å². The number of aryl methyl sites for hydroxylation is 1. The number of ketones is 1. The molecule has 0 bridgehead atoms. The van der Waals surface area contributed by atoms with Gasteiger partial charge in [0.25, 0.3) is 5.91 Å². The maximum absolute atomic E-state index is 14.0. The molecule has 9 nitrogen and oxygen atoms in total. The van der Waals surface area contributed by atoms with E-state index < -0.39 is 11.6 Å². The first kappa shape index (κ1) is 26.2. The molecule has 1 fully saturated rings. The van der Waals surface area contributed by atoms with Gasteiger partial charge in [-0.1, -0.05) is 6.07 Å². The fourth-order valence-corrected chi connectivity index (χ4v) is 4.83. The second-order valence-corrected chi connectivity index (χ2v) is 9.68. The molecule has 0 aliphatic carbocycles. The van der Waals surface area contributed by atoms with Crippen molar-refractivity contribution in [3.8, 4) is 17.2 Å². The van der Waals surface area contributed by atoms with Crippen molar-refractivity contribution in [2.45, 2.75) is 6.92 Å². The van der Waals surface area contributed by atoms with Crippen LogP contribution in [0.25, 0.3) is 16.6 Å². The summed E-state index contributed by atoms with van der Waals surface area (Å²) in [5, 5.41) is 5.04. The van der Waals surface area contributed by atoms with Crippen LogP contribution in [0.3, 0.4) is 0 Å². The average Bonchev–Trinajstić information content (AvgIpc) is 3.58. The van der Waals surface area contributed by atoms with Gasteiger partial charge in [0.05, 0.1) is 36.4 Å². The van der Waals surface area contributed by atoms with Gasteiger partial charge in [-0.15, -0.1) is 0 Å². The summed E-state index contributed by atoms with van der Waals surface area (Å²) in [6, 6.07) is 15.5. The maximum Gasteiger partial charge on any atom is 0.254 e. The second kappa shape index (κ2) is 10.5. The molecule has 1 aliphatic rings. The van der Waals surface area contributed by atoms with E-state index in [2.05, 4.69) is 10.1 Å². The highest BCUT2D eigenvalue weighted by Crippen LogP contribution is 2.30. The van der Waals surface area contributed by atoms with Crippen LogP contribution in [0.5, 0.6) is 11.5 Å². The van der Waals surface area contributed by atoms with Crippen LogP contribution in [0.4, 0.5) is 14.6 Å². The molecule has 1 amide bonds. The van der Waals surface area contributed by atoms with E-state index in [1.807, 2.05) is 0 Å². The van der Waals surface area contributed by atoms with Gasteiger partial charge in [-0.25, -0.2) is 9.07 Å². The zero-order chi connectivity index (χ0) is 28.7. The number of hydrogen-bond acceptors (Lipinski definition) is 6. The number of fused-ring (bicyclic) bond motifs is 1. The lowest BCUT2D eigenvalue weighted by atomic mass is 10.1. The molecule has 0 unspecified atom stereocenters. The number of H-pyrrole nitrogens is 1. The zero-order valence-electron chi connectivity index (χ0n) is 22.0. The van der Waals surface area contributed by atoms with E-state index in [0.29, 0.717) is 60.1 Å². The van der Waals surface area contributed by atoms with Crippen molar-refractivity contribution in [2.75, 3.05) is 32.0 Å². The number of hydrogen-bond donors (Lipinski definition) is 2. The Morgan fingerprint density at radius 2 is 1.85 bits per heavy atom. The van der Waals surface area contributed by atoms with Crippen molar-refractivity contribution < 1.29 is 27.8 Å². The molecule has 3 aromatic carbocycles. The molecule has 41 heavy (non-hydrogen) atoms. The summed E-state index contributed by atoms with van der Waals surface area (Å²) in [6.07, 6.45) is 1.39. The van der Waals surface area contributed by atoms with Crippen LogP contribution >= 0.6 is 0 Å². The molecular formula is C30H25F2N5O4. The molecule has 208 valence electrons. The summed E-state index contributed by atoms with van der Waals surface area (Å²) < 4.78 is 39.8. The first-order valence-electron chi connectivity index (χ1n) is 12.9. The molecular weight excluding hydrogens is 532 g/mol. The molecule has 6 rings (SSSR count). The number of anilines is 1. The summed E-state index contributed by atoms with van der Waals surface area (Å²) >= 11 is 0. The molecule has 3 heterocycles. The van der Waals surface area contributed by atoms with Gasteiger partial charge in [0.15, 0.2) is 11.6 Å². The summed E-state index contributed by atoms with van der Waals surface area (Å²) in [4.78, 5) is 31.1. The highest BCUT2D eigenvalue weighted by atomic mass is 19.2.